The summed E-state index contributed by atoms with van der Waals surface area (Å²) < 4.78 is 0. The van der Waals surface area contributed by atoms with E-state index in [0.717, 1.165) is 45.2 Å². The van der Waals surface area contributed by atoms with E-state index in [2.05, 4.69) is 10.6 Å². The Bertz CT molecular complexity index is 269. The summed E-state index contributed by atoms with van der Waals surface area (Å²) in [7, 11) is 0. The molecule has 3 N–H and O–H groups in total. The number of hydrogen-bond acceptors (Lipinski definition) is 3. The van der Waals surface area contributed by atoms with Crippen molar-refractivity contribution in [1.29, 1.82) is 0 Å². The summed E-state index contributed by atoms with van der Waals surface area (Å²) in [6.45, 7) is 1.90. The lowest BCUT2D eigenvalue weighted by Gasteiger charge is -2.26. The van der Waals surface area contributed by atoms with Crippen LogP contribution in [0.5, 0.6) is 0 Å². The van der Waals surface area contributed by atoms with E-state index in [9.17, 15) is 9.90 Å². The van der Waals surface area contributed by atoms with Gasteiger partial charge < -0.3 is 15.7 Å². The second-order valence-corrected chi connectivity index (χ2v) is 6.16. The van der Waals surface area contributed by atoms with Crippen molar-refractivity contribution in [3.8, 4) is 0 Å². The van der Waals surface area contributed by atoms with E-state index in [4.69, 9.17) is 0 Å². The van der Waals surface area contributed by atoms with Gasteiger partial charge in [-0.05, 0) is 57.4 Å². The lowest BCUT2D eigenvalue weighted by Crippen LogP contribution is -2.36. The number of piperidine rings is 1. The molecule has 1 aliphatic carbocycles. The molecular formula is C15H28N2O2. The molecule has 1 amide bonds. The average molecular weight is 268 g/mol. The number of carbonyl (C=O) groups excluding carboxylic acids is 1. The van der Waals surface area contributed by atoms with Gasteiger partial charge in [-0.15, -0.1) is 0 Å². The number of nitrogens with one attached hydrogen (secondary N) is 2. The van der Waals surface area contributed by atoms with Gasteiger partial charge >= 0.3 is 0 Å². The molecule has 1 saturated carbocycles. The molecule has 1 heterocycles. The van der Waals surface area contributed by atoms with Crippen LogP contribution in [0.1, 0.15) is 57.8 Å². The first-order chi connectivity index (χ1) is 9.24. The Morgan fingerprint density at radius 2 is 1.95 bits per heavy atom. The number of aliphatic hydroxyl groups excluding tert-OH is 1. The Balaban J connectivity index is 1.54. The Morgan fingerprint density at radius 3 is 2.63 bits per heavy atom. The first-order valence-electron chi connectivity index (χ1n) is 7.92. The largest absolute Gasteiger partial charge is 0.393 e. The molecular weight excluding hydrogens is 240 g/mol. The molecule has 1 atom stereocenters. The van der Waals surface area contributed by atoms with Gasteiger partial charge in [0.1, 0.15) is 0 Å². The van der Waals surface area contributed by atoms with Crippen LogP contribution >= 0.6 is 0 Å². The smallest absolute Gasteiger partial charge is 0.220 e. The molecule has 0 aromatic rings. The van der Waals surface area contributed by atoms with Crippen LogP contribution in [0.3, 0.4) is 0 Å². The minimum atomic E-state index is -0.107. The van der Waals surface area contributed by atoms with Crippen molar-refractivity contribution >= 4 is 5.91 Å². The number of carbonyl (C=O) groups is 1. The fourth-order valence-corrected chi connectivity index (χ4v) is 3.17. The van der Waals surface area contributed by atoms with Crippen molar-refractivity contribution in [2.75, 3.05) is 13.1 Å². The van der Waals surface area contributed by atoms with Gasteiger partial charge in [-0.3, -0.25) is 4.79 Å². The molecule has 110 valence electrons. The van der Waals surface area contributed by atoms with E-state index in [-0.39, 0.29) is 12.0 Å². The van der Waals surface area contributed by atoms with Crippen LogP contribution in [-0.4, -0.2) is 36.2 Å². The van der Waals surface area contributed by atoms with Gasteiger partial charge in [0, 0.05) is 19.0 Å². The summed E-state index contributed by atoms with van der Waals surface area (Å²) >= 11 is 0. The fraction of sp³-hybridized carbons (Fsp3) is 0.933. The summed E-state index contributed by atoms with van der Waals surface area (Å²) in [5, 5.41) is 16.0. The monoisotopic (exact) mass is 268 g/mol. The molecule has 2 fully saturated rings. The summed E-state index contributed by atoms with van der Waals surface area (Å²) in [6.07, 6.45) is 9.18. The highest BCUT2D eigenvalue weighted by atomic mass is 16.3. The molecule has 2 aliphatic rings. The lowest BCUT2D eigenvalue weighted by atomic mass is 9.87. The van der Waals surface area contributed by atoms with Crippen molar-refractivity contribution in [2.45, 2.75) is 69.9 Å². The van der Waals surface area contributed by atoms with Crippen LogP contribution in [0, 0.1) is 5.92 Å². The molecule has 4 heteroatoms. The molecule has 4 nitrogen and oxygen atoms in total. The van der Waals surface area contributed by atoms with E-state index >= 15 is 0 Å². The molecule has 1 aliphatic heterocycles. The molecule has 2 rings (SSSR count). The normalized spacial score (nSPS) is 31.9. The minimum absolute atomic E-state index is 0.107. The van der Waals surface area contributed by atoms with Crippen LogP contribution in [0.4, 0.5) is 0 Å². The molecule has 1 saturated heterocycles. The first-order valence-corrected chi connectivity index (χ1v) is 7.92. The summed E-state index contributed by atoms with van der Waals surface area (Å²) in [6, 6.07) is 0.546. The highest BCUT2D eigenvalue weighted by Crippen LogP contribution is 2.23. The Morgan fingerprint density at radius 1 is 1.16 bits per heavy atom. The zero-order chi connectivity index (χ0) is 13.5. The van der Waals surface area contributed by atoms with E-state index in [1.807, 2.05) is 0 Å². The number of rotatable bonds is 5. The predicted octanol–water partition coefficient (Wildman–Crippen LogP) is 1.58. The van der Waals surface area contributed by atoms with Crippen LogP contribution in [0.15, 0.2) is 0 Å². The van der Waals surface area contributed by atoms with E-state index in [1.54, 1.807) is 0 Å². The van der Waals surface area contributed by atoms with Crippen molar-refractivity contribution < 1.29 is 9.90 Å². The minimum Gasteiger partial charge on any atom is -0.393 e. The average Bonchev–Trinajstić information content (AvgIpc) is 2.45. The van der Waals surface area contributed by atoms with Crippen LogP contribution in [0.25, 0.3) is 0 Å². The Kier molecular flexibility index (Phi) is 6.11. The number of hydrogen-bond donors (Lipinski definition) is 3. The molecule has 0 aromatic carbocycles. The van der Waals surface area contributed by atoms with Gasteiger partial charge in [0.2, 0.25) is 5.91 Å². The molecule has 0 bridgehead atoms. The second kappa shape index (κ2) is 7.85. The topological polar surface area (TPSA) is 61.4 Å². The third-order valence-electron chi connectivity index (χ3n) is 4.54. The molecule has 0 radical (unpaired) electrons. The summed E-state index contributed by atoms with van der Waals surface area (Å²) in [5.74, 6) is 0.763. The zero-order valence-corrected chi connectivity index (χ0v) is 11.9. The molecule has 0 aromatic heterocycles. The third-order valence-corrected chi connectivity index (χ3v) is 4.54. The number of amides is 1. The van der Waals surface area contributed by atoms with Crippen molar-refractivity contribution in [1.82, 2.24) is 10.6 Å². The fourth-order valence-electron chi connectivity index (χ4n) is 3.17. The van der Waals surface area contributed by atoms with Gasteiger partial charge in [-0.2, -0.15) is 0 Å². The summed E-state index contributed by atoms with van der Waals surface area (Å²) in [5.41, 5.74) is 0. The van der Waals surface area contributed by atoms with Crippen LogP contribution in [-0.2, 0) is 4.79 Å². The third kappa shape index (κ3) is 5.49. The van der Waals surface area contributed by atoms with Gasteiger partial charge in [0.25, 0.3) is 0 Å². The van der Waals surface area contributed by atoms with Crippen molar-refractivity contribution in [3.63, 3.8) is 0 Å². The first kappa shape index (κ1) is 14.8. The molecule has 19 heavy (non-hydrogen) atoms. The highest BCUT2D eigenvalue weighted by molar-refractivity contribution is 5.75. The lowest BCUT2D eigenvalue weighted by molar-refractivity contribution is -0.121. The Hall–Kier alpha value is -0.610. The maximum absolute atomic E-state index is 11.8. The maximum Gasteiger partial charge on any atom is 0.220 e. The van der Waals surface area contributed by atoms with E-state index < -0.39 is 0 Å². The quantitative estimate of drug-likeness (QED) is 0.709. The van der Waals surface area contributed by atoms with Gasteiger partial charge in [0.15, 0.2) is 0 Å². The van der Waals surface area contributed by atoms with Crippen LogP contribution in [0.2, 0.25) is 0 Å². The standard InChI is InChI=1S/C15H28N2O2/c18-14-7-4-12(5-8-14)11-17-15(19)9-6-13-3-1-2-10-16-13/h12-14,16,18H,1-11H2,(H,17,19). The van der Waals surface area contributed by atoms with Crippen LogP contribution < -0.4 is 10.6 Å². The SMILES string of the molecule is O=C(CCC1CCCCN1)NCC1CCC(O)CC1. The zero-order valence-electron chi connectivity index (χ0n) is 11.9. The molecule has 1 unspecified atom stereocenters. The number of aliphatic hydroxyl groups is 1. The Labute approximate surface area is 116 Å². The van der Waals surface area contributed by atoms with Crippen molar-refractivity contribution in [2.24, 2.45) is 5.92 Å². The van der Waals surface area contributed by atoms with Gasteiger partial charge in [-0.1, -0.05) is 6.42 Å². The second-order valence-electron chi connectivity index (χ2n) is 6.16. The van der Waals surface area contributed by atoms with Crippen molar-refractivity contribution in [3.05, 3.63) is 0 Å². The highest BCUT2D eigenvalue weighted by Gasteiger charge is 2.20. The maximum atomic E-state index is 11.8. The predicted molar refractivity (Wildman–Crippen MR) is 75.9 cm³/mol. The summed E-state index contributed by atoms with van der Waals surface area (Å²) in [4.78, 5) is 11.8. The molecule has 0 spiro atoms. The van der Waals surface area contributed by atoms with E-state index in [0.29, 0.717) is 18.4 Å². The van der Waals surface area contributed by atoms with Gasteiger partial charge in [0.05, 0.1) is 6.10 Å². The van der Waals surface area contributed by atoms with E-state index in [1.165, 1.54) is 19.3 Å². The van der Waals surface area contributed by atoms with Gasteiger partial charge in [-0.25, -0.2) is 0 Å².